The molecule has 0 unspecified atom stereocenters. The third kappa shape index (κ3) is 2.88. The molecule has 3 heterocycles. The maximum atomic E-state index is 11.8. The number of hydrogen-bond donors (Lipinski definition) is 2. The van der Waals surface area contributed by atoms with Crippen LogP contribution in [0.4, 0.5) is 5.82 Å². The van der Waals surface area contributed by atoms with Crippen LogP contribution in [0.25, 0.3) is 0 Å². The fraction of sp³-hybridized carbons (Fsp3) is 0.533. The number of aromatic nitrogens is 5. The molecule has 2 N–H and O–H groups in total. The Kier molecular flexibility index (Phi) is 3.64. The largest absolute Gasteiger partial charge is 0.354 e. The monoisotopic (exact) mass is 313 g/mol. The Bertz CT molecular complexity index is 694. The van der Waals surface area contributed by atoms with Gasteiger partial charge in [0.05, 0.1) is 5.69 Å². The lowest BCUT2D eigenvalue weighted by Gasteiger charge is -2.40. The van der Waals surface area contributed by atoms with E-state index in [9.17, 15) is 4.79 Å². The SMILES string of the molecule is O=C(NCC1CN(c2cc3c(nn2)CCCC3)C1)c1ncn[nH]1. The topological polar surface area (TPSA) is 99.7 Å². The minimum absolute atomic E-state index is 0.213. The van der Waals surface area contributed by atoms with Gasteiger partial charge in [0.2, 0.25) is 5.82 Å². The Balaban J connectivity index is 1.29. The summed E-state index contributed by atoms with van der Waals surface area (Å²) < 4.78 is 0. The van der Waals surface area contributed by atoms with E-state index in [1.54, 1.807) is 0 Å². The van der Waals surface area contributed by atoms with Crippen molar-refractivity contribution in [3.05, 3.63) is 29.5 Å². The summed E-state index contributed by atoms with van der Waals surface area (Å²) in [5.41, 5.74) is 2.51. The molecule has 0 aromatic carbocycles. The average molecular weight is 313 g/mol. The quantitative estimate of drug-likeness (QED) is 0.844. The van der Waals surface area contributed by atoms with Crippen molar-refractivity contribution in [3.8, 4) is 0 Å². The molecule has 23 heavy (non-hydrogen) atoms. The van der Waals surface area contributed by atoms with Crippen LogP contribution < -0.4 is 10.2 Å². The van der Waals surface area contributed by atoms with Gasteiger partial charge < -0.3 is 10.2 Å². The van der Waals surface area contributed by atoms with E-state index in [4.69, 9.17) is 0 Å². The van der Waals surface area contributed by atoms with Crippen molar-refractivity contribution in [2.45, 2.75) is 25.7 Å². The van der Waals surface area contributed by atoms with Crippen LogP contribution in [0.2, 0.25) is 0 Å². The molecule has 2 aliphatic rings. The van der Waals surface area contributed by atoms with E-state index in [0.717, 1.165) is 37.4 Å². The summed E-state index contributed by atoms with van der Waals surface area (Å²) in [5.74, 6) is 1.43. The second-order valence-electron chi connectivity index (χ2n) is 6.20. The molecular formula is C15H19N7O. The van der Waals surface area contributed by atoms with Gasteiger partial charge in [-0.25, -0.2) is 4.98 Å². The van der Waals surface area contributed by atoms with Crippen molar-refractivity contribution in [3.63, 3.8) is 0 Å². The molecule has 1 saturated heterocycles. The number of hydrogen-bond acceptors (Lipinski definition) is 6. The first-order valence-electron chi connectivity index (χ1n) is 8.03. The highest BCUT2D eigenvalue weighted by molar-refractivity contribution is 5.90. The summed E-state index contributed by atoms with van der Waals surface area (Å²) in [6, 6.07) is 2.19. The summed E-state index contributed by atoms with van der Waals surface area (Å²) in [6.07, 6.45) is 5.96. The van der Waals surface area contributed by atoms with Crippen LogP contribution in [0.15, 0.2) is 12.4 Å². The number of nitrogens with one attached hydrogen (secondary N) is 2. The number of H-pyrrole nitrogens is 1. The van der Waals surface area contributed by atoms with Crippen LogP contribution in [-0.2, 0) is 12.8 Å². The fourth-order valence-corrected chi connectivity index (χ4v) is 3.15. The minimum Gasteiger partial charge on any atom is -0.354 e. The van der Waals surface area contributed by atoms with Crippen molar-refractivity contribution in [2.75, 3.05) is 24.5 Å². The van der Waals surface area contributed by atoms with E-state index < -0.39 is 0 Å². The predicted molar refractivity (Wildman–Crippen MR) is 83.1 cm³/mol. The van der Waals surface area contributed by atoms with Crippen LogP contribution in [0.1, 0.15) is 34.7 Å². The molecule has 0 atom stereocenters. The van der Waals surface area contributed by atoms with Crippen LogP contribution in [0.3, 0.4) is 0 Å². The van der Waals surface area contributed by atoms with Gasteiger partial charge in [-0.2, -0.15) is 10.2 Å². The molecule has 1 aliphatic carbocycles. The smallest absolute Gasteiger partial charge is 0.288 e. The molecular weight excluding hydrogens is 294 g/mol. The summed E-state index contributed by atoms with van der Waals surface area (Å²) in [6.45, 7) is 2.42. The molecule has 0 radical (unpaired) electrons. The molecule has 8 heteroatoms. The van der Waals surface area contributed by atoms with Gasteiger partial charge in [-0.15, -0.1) is 5.10 Å². The lowest BCUT2D eigenvalue weighted by molar-refractivity contribution is 0.0934. The highest BCUT2D eigenvalue weighted by Gasteiger charge is 2.29. The van der Waals surface area contributed by atoms with Crippen molar-refractivity contribution in [1.82, 2.24) is 30.7 Å². The molecule has 2 aromatic heterocycles. The van der Waals surface area contributed by atoms with Gasteiger partial charge in [0.1, 0.15) is 6.33 Å². The Morgan fingerprint density at radius 2 is 2.17 bits per heavy atom. The van der Waals surface area contributed by atoms with Crippen molar-refractivity contribution < 1.29 is 4.79 Å². The number of anilines is 1. The molecule has 2 aromatic rings. The molecule has 0 spiro atoms. The molecule has 8 nitrogen and oxygen atoms in total. The van der Waals surface area contributed by atoms with Gasteiger partial charge in [0.25, 0.3) is 5.91 Å². The summed E-state index contributed by atoms with van der Waals surface area (Å²) in [4.78, 5) is 17.8. The first-order valence-corrected chi connectivity index (χ1v) is 8.03. The third-order valence-corrected chi connectivity index (χ3v) is 4.52. The first kappa shape index (κ1) is 14.1. The Morgan fingerprint density at radius 1 is 1.30 bits per heavy atom. The number of carbonyl (C=O) groups excluding carboxylic acids is 1. The lowest BCUT2D eigenvalue weighted by Crippen LogP contribution is -2.52. The van der Waals surface area contributed by atoms with E-state index in [1.807, 2.05) is 0 Å². The first-order chi connectivity index (χ1) is 11.3. The molecule has 1 amide bonds. The Hall–Kier alpha value is -2.51. The maximum Gasteiger partial charge on any atom is 0.288 e. The zero-order valence-electron chi connectivity index (χ0n) is 12.8. The van der Waals surface area contributed by atoms with Crippen LogP contribution in [-0.4, -0.2) is 50.9 Å². The van der Waals surface area contributed by atoms with Crippen molar-refractivity contribution in [1.29, 1.82) is 0 Å². The number of amides is 1. The number of carbonyl (C=O) groups is 1. The van der Waals surface area contributed by atoms with Crippen molar-refractivity contribution >= 4 is 11.7 Å². The number of aryl methyl sites for hydroxylation is 2. The van der Waals surface area contributed by atoms with Crippen LogP contribution in [0.5, 0.6) is 0 Å². The highest BCUT2D eigenvalue weighted by Crippen LogP contribution is 2.26. The van der Waals surface area contributed by atoms with E-state index in [0.29, 0.717) is 12.5 Å². The molecule has 120 valence electrons. The summed E-state index contributed by atoms with van der Waals surface area (Å²) in [5, 5.41) is 17.8. The lowest BCUT2D eigenvalue weighted by atomic mass is 9.95. The summed E-state index contributed by atoms with van der Waals surface area (Å²) >= 11 is 0. The molecule has 1 aliphatic heterocycles. The second-order valence-corrected chi connectivity index (χ2v) is 6.20. The van der Waals surface area contributed by atoms with Gasteiger partial charge in [0, 0.05) is 25.6 Å². The fourth-order valence-electron chi connectivity index (χ4n) is 3.15. The van der Waals surface area contributed by atoms with Crippen LogP contribution in [0, 0.1) is 5.92 Å². The Labute approximate surface area is 133 Å². The number of fused-ring (bicyclic) bond motifs is 1. The predicted octanol–water partition coefficient (Wildman–Crippen LogP) is 0.340. The molecule has 0 saturated carbocycles. The van der Waals surface area contributed by atoms with E-state index >= 15 is 0 Å². The molecule has 4 rings (SSSR count). The Morgan fingerprint density at radius 3 is 3.00 bits per heavy atom. The minimum atomic E-state index is -0.213. The highest BCUT2D eigenvalue weighted by atomic mass is 16.2. The van der Waals surface area contributed by atoms with Gasteiger partial charge in [0.15, 0.2) is 5.82 Å². The van der Waals surface area contributed by atoms with Gasteiger partial charge >= 0.3 is 0 Å². The average Bonchev–Trinajstić information content (AvgIpc) is 3.07. The summed E-state index contributed by atoms with van der Waals surface area (Å²) in [7, 11) is 0. The van der Waals surface area contributed by atoms with E-state index in [-0.39, 0.29) is 11.7 Å². The molecule has 0 bridgehead atoms. The molecule has 1 fully saturated rings. The van der Waals surface area contributed by atoms with E-state index in [1.165, 1.54) is 24.7 Å². The second kappa shape index (κ2) is 5.94. The van der Waals surface area contributed by atoms with Gasteiger partial charge in [-0.05, 0) is 37.3 Å². The zero-order chi connectivity index (χ0) is 15.6. The van der Waals surface area contributed by atoms with Crippen molar-refractivity contribution in [2.24, 2.45) is 5.92 Å². The van der Waals surface area contributed by atoms with Gasteiger partial charge in [-0.3, -0.25) is 9.89 Å². The van der Waals surface area contributed by atoms with Crippen LogP contribution >= 0.6 is 0 Å². The van der Waals surface area contributed by atoms with Gasteiger partial charge in [-0.1, -0.05) is 0 Å². The third-order valence-electron chi connectivity index (χ3n) is 4.52. The number of rotatable bonds is 4. The maximum absolute atomic E-state index is 11.8. The standard InChI is InChI=1S/C15H19N7O/c23-15(14-17-9-18-21-14)16-6-10-7-22(8-10)13-5-11-3-1-2-4-12(11)19-20-13/h5,9-10H,1-4,6-8H2,(H,16,23)(H,17,18,21). The van der Waals surface area contributed by atoms with E-state index in [2.05, 4.69) is 41.7 Å². The normalized spacial score (nSPS) is 17.5. The zero-order valence-corrected chi connectivity index (χ0v) is 12.8. The number of aromatic amines is 1. The number of nitrogens with zero attached hydrogens (tertiary/aromatic N) is 5.